The molecule has 0 atom stereocenters. The van der Waals surface area contributed by atoms with Gasteiger partial charge < -0.3 is 33.6 Å². The van der Waals surface area contributed by atoms with E-state index in [9.17, 15) is 42.9 Å². The van der Waals surface area contributed by atoms with Crippen molar-refractivity contribution in [3.63, 3.8) is 0 Å². The number of amides is 3. The number of nitrogens with zero attached hydrogens (tertiary/aromatic N) is 12. The summed E-state index contributed by atoms with van der Waals surface area (Å²) in [5, 5.41) is 49.6. The number of hydrogen-bond donors (Lipinski definition) is 4. The number of pyridine rings is 3. The van der Waals surface area contributed by atoms with Crippen LogP contribution in [0.2, 0.25) is 0 Å². The highest BCUT2D eigenvalue weighted by Crippen LogP contribution is 2.41. The van der Waals surface area contributed by atoms with Gasteiger partial charge in [0.2, 0.25) is 5.88 Å². The van der Waals surface area contributed by atoms with Crippen molar-refractivity contribution < 1.29 is 55.7 Å². The first-order chi connectivity index (χ1) is 61.3. The van der Waals surface area contributed by atoms with Crippen molar-refractivity contribution in [2.75, 3.05) is 27.7 Å². The van der Waals surface area contributed by atoms with Crippen LogP contribution in [0, 0.1) is 45.9 Å². The maximum atomic E-state index is 15.3. The molecule has 0 unspecified atom stereocenters. The Labute approximate surface area is 720 Å². The zero-order chi connectivity index (χ0) is 87.5. The number of Topliss-reactive ketones (excluding diaryl/α,β-unsaturated/α-hetero) is 1. The van der Waals surface area contributed by atoms with Crippen molar-refractivity contribution in [3.8, 4) is 79.8 Å². The number of aromatic nitrogens is 11. The molecule has 3 aliphatic carbocycles. The number of nitrogens with one attached hydrogen (secondary N) is 4. The summed E-state index contributed by atoms with van der Waals surface area (Å²) in [5.41, 5.74) is 14.4. The van der Waals surface area contributed by atoms with Gasteiger partial charge >= 0.3 is 0 Å². The fraction of sp³-hybridized carbons (Fsp3) is 0.194. The second kappa shape index (κ2) is 37.7. The van der Waals surface area contributed by atoms with Crippen LogP contribution in [0.25, 0.3) is 88.1 Å². The van der Waals surface area contributed by atoms with Gasteiger partial charge in [0.05, 0.1) is 88.3 Å². The number of fused-ring (bicyclic) bond motifs is 4. The van der Waals surface area contributed by atoms with Crippen molar-refractivity contribution in [2.45, 2.75) is 96.2 Å². The number of ketones is 1. The molecule has 24 nitrogen and oxygen atoms in total. The van der Waals surface area contributed by atoms with E-state index in [1.54, 1.807) is 159 Å². The molecule has 28 heteroatoms. The minimum absolute atomic E-state index is 0.0354. The summed E-state index contributed by atoms with van der Waals surface area (Å²) >= 11 is 0. The molecule has 126 heavy (non-hydrogen) atoms. The number of hydrogen-bond acceptors (Lipinski definition) is 17. The van der Waals surface area contributed by atoms with E-state index in [0.717, 1.165) is 99.3 Å². The Morgan fingerprint density at radius 3 is 1.61 bits per heavy atom. The standard InChI is InChI=1S/C26H21FN4O2.C25H20FN5O2.C24H21FN2O2.C23H20FN5O2/c1-31(15-18-8-7-17(13-28)21-14-29-30-25(18)21)26(32)19-11-22(27)24(16-5-3-2-4-6-16)23(12-19)33-20-9-10-20;1-31(14-17-12-28-22(11-27)21-13-29-30-24(17)21)25(32)16-5-8-20(15-3-2-4-18(26)9-15)23(10-16)33-19-6-7-19;1-2-29-23-14-18(9-11-21(23)17-6-4-8-20(25)13-17)22(28)12-10-16-5-3-7-19-15-26-27-24(16)19;1-29(13-16-11-25-10-15-12-26-28-21(15)16)23(30)20-8-7-19(14-3-2-4-17(24)9-14)22(27-20)31-18-5-6-18/h2-8,11-12,14,20H,9-10,15H2,1H3,(H,29,30);2-5,8-10,12-13,19H,6-7,14H2,1H3,(H,29,30);3-9,11,13-15H,2,10,12H2,1H3,(H,26,27);2-4,7-12,18H,5-6,13H2,1H3,(H,26,28). The number of ether oxygens (including phenoxy) is 4. The molecule has 0 aliphatic heterocycles. The third kappa shape index (κ3) is 19.6. The van der Waals surface area contributed by atoms with Gasteiger partial charge in [-0.25, -0.2) is 27.5 Å². The number of aryl methyl sites for hydroxylation is 1. The lowest BCUT2D eigenvalue weighted by atomic mass is 9.98. The predicted octanol–water partition coefficient (Wildman–Crippen LogP) is 19.1. The summed E-state index contributed by atoms with van der Waals surface area (Å²) in [6.07, 6.45) is 18.6. The van der Waals surface area contributed by atoms with Crippen LogP contribution in [-0.4, -0.2) is 140 Å². The lowest BCUT2D eigenvalue weighted by Gasteiger charge is -2.20. The molecule has 0 radical (unpaired) electrons. The fourth-order valence-corrected chi connectivity index (χ4v) is 14.6. The van der Waals surface area contributed by atoms with E-state index in [4.69, 9.17) is 18.9 Å². The molecular weight excluding hydrogens is 1610 g/mol. The highest BCUT2D eigenvalue weighted by atomic mass is 19.1. The molecule has 0 saturated heterocycles. The van der Waals surface area contributed by atoms with Crippen molar-refractivity contribution in [1.82, 2.24) is 70.4 Å². The van der Waals surface area contributed by atoms with Crippen LogP contribution in [0.15, 0.2) is 238 Å². The SMILES string of the molecule is CCOc1cc(C(=O)CCc2cccc3cn[nH]c23)ccc1-c1cccc(F)c1.CN(Cc1ccc(C#N)c2cn[nH]c12)C(=O)c1cc(F)c(-c2ccccc2)c(OC2CC2)c1.CN(Cc1cnc(C#N)c2cn[nH]c12)C(=O)c1ccc(-c2cccc(F)c2)c(OC2CC2)c1.CN(Cc1cncc2cn[nH]c12)C(=O)c1ccc(-c2cccc(F)c2)c(OC2CC2)n1. The number of rotatable bonds is 25. The predicted molar refractivity (Wildman–Crippen MR) is 467 cm³/mol. The molecule has 3 saturated carbocycles. The largest absolute Gasteiger partial charge is 0.493 e. The zero-order valence-corrected chi connectivity index (χ0v) is 68.9. The Balaban J connectivity index is 0.000000124. The molecule has 0 bridgehead atoms. The molecule has 3 fully saturated rings. The number of para-hydroxylation sites is 1. The first-order valence-electron chi connectivity index (χ1n) is 40.9. The van der Waals surface area contributed by atoms with Gasteiger partial charge in [-0.05, 0) is 182 Å². The zero-order valence-electron chi connectivity index (χ0n) is 68.9. The molecule has 0 spiro atoms. The number of halogens is 4. The van der Waals surface area contributed by atoms with Gasteiger partial charge in [0, 0.05) is 126 Å². The second-order valence-corrected chi connectivity index (χ2v) is 30.8. The van der Waals surface area contributed by atoms with Crippen LogP contribution in [0.5, 0.6) is 23.1 Å². The van der Waals surface area contributed by atoms with Gasteiger partial charge in [0.25, 0.3) is 17.7 Å². The number of carbonyl (C=O) groups is 4. The van der Waals surface area contributed by atoms with Crippen molar-refractivity contribution in [2.24, 2.45) is 0 Å². The molecular formula is C98H82F4N16O8. The molecule has 16 aromatic rings. The molecule has 4 N–H and O–H groups in total. The maximum absolute atomic E-state index is 15.3. The quantitative estimate of drug-likeness (QED) is 0.0305. The summed E-state index contributed by atoms with van der Waals surface area (Å²) in [5.74, 6) is -0.316. The molecule has 9 aromatic carbocycles. The average molecular weight is 1690 g/mol. The lowest BCUT2D eigenvalue weighted by molar-refractivity contribution is 0.0773. The summed E-state index contributed by atoms with van der Waals surface area (Å²) in [6, 6.07) is 58.7. The topological polar surface area (TPSA) is 316 Å². The van der Waals surface area contributed by atoms with Crippen LogP contribution in [0.3, 0.4) is 0 Å². The normalized spacial score (nSPS) is 12.6. The first kappa shape index (κ1) is 83.9. The van der Waals surface area contributed by atoms with Crippen LogP contribution in [0.4, 0.5) is 17.6 Å². The summed E-state index contributed by atoms with van der Waals surface area (Å²) in [7, 11) is 5.07. The minimum Gasteiger partial charge on any atom is -0.493 e. The van der Waals surface area contributed by atoms with Crippen LogP contribution < -0.4 is 18.9 Å². The second-order valence-electron chi connectivity index (χ2n) is 30.8. The van der Waals surface area contributed by atoms with Gasteiger partial charge in [-0.3, -0.25) is 44.6 Å². The Morgan fingerprint density at radius 2 is 0.968 bits per heavy atom. The van der Waals surface area contributed by atoms with Gasteiger partial charge in [-0.2, -0.15) is 30.9 Å². The van der Waals surface area contributed by atoms with Crippen molar-refractivity contribution >= 4 is 67.1 Å². The van der Waals surface area contributed by atoms with Crippen LogP contribution >= 0.6 is 0 Å². The fourth-order valence-electron chi connectivity index (χ4n) is 14.6. The van der Waals surface area contributed by atoms with Gasteiger partial charge in [-0.1, -0.05) is 97.1 Å². The summed E-state index contributed by atoms with van der Waals surface area (Å²) < 4.78 is 80.2. The van der Waals surface area contributed by atoms with Crippen LogP contribution in [0.1, 0.15) is 127 Å². The minimum atomic E-state index is -0.495. The number of H-pyrrole nitrogens is 4. The molecule has 7 heterocycles. The molecule has 630 valence electrons. The molecule has 19 rings (SSSR count). The van der Waals surface area contributed by atoms with E-state index >= 15 is 4.39 Å². The lowest BCUT2D eigenvalue weighted by Crippen LogP contribution is -2.27. The Morgan fingerprint density at radius 1 is 0.444 bits per heavy atom. The Kier molecular flexibility index (Phi) is 25.1. The highest BCUT2D eigenvalue weighted by Gasteiger charge is 2.31. The summed E-state index contributed by atoms with van der Waals surface area (Å²) in [4.78, 5) is 69.9. The van der Waals surface area contributed by atoms with E-state index in [1.165, 1.54) is 47.4 Å². The van der Waals surface area contributed by atoms with Crippen LogP contribution in [-0.2, 0) is 26.1 Å². The number of nitriles is 2. The highest BCUT2D eigenvalue weighted by molar-refractivity contribution is 6.00. The van der Waals surface area contributed by atoms with E-state index in [2.05, 4.69) is 61.8 Å². The molecule has 7 aromatic heterocycles. The van der Waals surface area contributed by atoms with Gasteiger partial charge in [0.15, 0.2) is 11.5 Å². The monoisotopic (exact) mass is 1690 g/mol. The van der Waals surface area contributed by atoms with E-state index in [0.29, 0.717) is 115 Å². The van der Waals surface area contributed by atoms with E-state index in [1.807, 2.05) is 79.7 Å². The number of aromatic amines is 4. The van der Waals surface area contributed by atoms with Gasteiger partial charge in [0.1, 0.15) is 58.4 Å². The first-order valence-corrected chi connectivity index (χ1v) is 40.9. The Hall–Kier alpha value is -15.7. The smallest absolute Gasteiger partial charge is 0.272 e. The van der Waals surface area contributed by atoms with E-state index in [-0.39, 0.29) is 89.3 Å². The number of carbonyl (C=O) groups excluding carboxylic acids is 4. The molecule has 3 aliphatic rings. The van der Waals surface area contributed by atoms with Crippen molar-refractivity contribution in [3.05, 3.63) is 317 Å². The van der Waals surface area contributed by atoms with Gasteiger partial charge in [-0.15, -0.1) is 0 Å². The molecule has 3 amide bonds. The Bertz CT molecular complexity index is 6850. The third-order valence-corrected chi connectivity index (χ3v) is 21.5. The summed E-state index contributed by atoms with van der Waals surface area (Å²) in [6.45, 7) is 3.24. The maximum Gasteiger partial charge on any atom is 0.272 e. The van der Waals surface area contributed by atoms with Crippen molar-refractivity contribution in [1.29, 1.82) is 10.5 Å². The number of benzene rings is 9. The third-order valence-electron chi connectivity index (χ3n) is 21.5. The van der Waals surface area contributed by atoms with E-state index < -0.39 is 5.82 Å². The average Bonchev–Trinajstić information content (AvgIpc) is 1.51.